The molecule has 1 aromatic heterocycles. The second-order valence-corrected chi connectivity index (χ2v) is 2.95. The number of ether oxygens (including phenoxy) is 1. The normalized spacial score (nSPS) is 20.7. The van der Waals surface area contributed by atoms with Crippen LogP contribution in [-0.4, -0.2) is 28.6 Å². The fraction of sp³-hybridized carbons (Fsp3) is 0.500. The molecule has 0 aromatic carbocycles. The van der Waals surface area contributed by atoms with Crippen LogP contribution in [0, 0.1) is 0 Å². The van der Waals surface area contributed by atoms with Crippen molar-refractivity contribution in [1.29, 1.82) is 0 Å². The van der Waals surface area contributed by atoms with Gasteiger partial charge in [-0.25, -0.2) is 9.78 Å². The minimum absolute atomic E-state index is 0.217. The van der Waals surface area contributed by atoms with Crippen LogP contribution in [0.1, 0.15) is 12.8 Å². The van der Waals surface area contributed by atoms with E-state index in [1.807, 2.05) is 0 Å². The van der Waals surface area contributed by atoms with Crippen molar-refractivity contribution >= 4 is 6.09 Å². The molecule has 6 heteroatoms. The zero-order chi connectivity index (χ0) is 9.80. The van der Waals surface area contributed by atoms with E-state index in [1.54, 1.807) is 0 Å². The smallest absolute Gasteiger partial charge is 0.358 e. The fourth-order valence-corrected chi connectivity index (χ4v) is 1.25. The predicted molar refractivity (Wildman–Crippen MR) is 46.3 cm³/mol. The van der Waals surface area contributed by atoms with Gasteiger partial charge in [0.05, 0.1) is 6.20 Å². The van der Waals surface area contributed by atoms with Gasteiger partial charge in [-0.1, -0.05) is 0 Å². The maximum Gasteiger partial charge on any atom is 0.434 e. The predicted octanol–water partition coefficient (Wildman–Crippen LogP) is 0.158. The van der Waals surface area contributed by atoms with Crippen molar-refractivity contribution in [3.63, 3.8) is 0 Å². The zero-order valence-electron chi connectivity index (χ0n) is 7.55. The Balaban J connectivity index is 1.78. The SMILES string of the molecule is O=C(N[C@@H]1CCCO1)On1ccnc1. The molecule has 2 heterocycles. The molecular weight excluding hydrogens is 186 g/mol. The summed E-state index contributed by atoms with van der Waals surface area (Å²) in [5.74, 6) is 0. The van der Waals surface area contributed by atoms with E-state index in [0.29, 0.717) is 6.61 Å². The van der Waals surface area contributed by atoms with E-state index in [1.165, 1.54) is 23.5 Å². The molecule has 1 aromatic rings. The Kier molecular flexibility index (Phi) is 2.64. The monoisotopic (exact) mass is 197 g/mol. The quantitative estimate of drug-likeness (QED) is 0.733. The molecule has 2 rings (SSSR count). The molecule has 6 nitrogen and oxygen atoms in total. The molecule has 0 unspecified atom stereocenters. The lowest BCUT2D eigenvalue weighted by atomic mass is 10.3. The molecule has 14 heavy (non-hydrogen) atoms. The van der Waals surface area contributed by atoms with Gasteiger partial charge in [-0.05, 0) is 12.8 Å². The van der Waals surface area contributed by atoms with E-state index in [0.717, 1.165) is 12.8 Å². The Bertz CT molecular complexity index is 293. The Morgan fingerprint density at radius 1 is 1.71 bits per heavy atom. The van der Waals surface area contributed by atoms with Crippen LogP contribution in [0.15, 0.2) is 18.7 Å². The van der Waals surface area contributed by atoms with E-state index in [2.05, 4.69) is 10.3 Å². The Morgan fingerprint density at radius 3 is 3.29 bits per heavy atom. The third-order valence-electron chi connectivity index (χ3n) is 1.88. The molecule has 0 radical (unpaired) electrons. The number of nitrogens with one attached hydrogen (secondary N) is 1. The number of carbonyl (C=O) groups is 1. The summed E-state index contributed by atoms with van der Waals surface area (Å²) in [6.07, 6.45) is 5.51. The highest BCUT2D eigenvalue weighted by atomic mass is 16.7. The average molecular weight is 197 g/mol. The van der Waals surface area contributed by atoms with Gasteiger partial charge < -0.3 is 9.57 Å². The van der Waals surface area contributed by atoms with Crippen LogP contribution in [-0.2, 0) is 4.74 Å². The second kappa shape index (κ2) is 4.10. The van der Waals surface area contributed by atoms with Gasteiger partial charge in [0.1, 0.15) is 12.6 Å². The molecule has 76 valence electrons. The van der Waals surface area contributed by atoms with Gasteiger partial charge >= 0.3 is 6.09 Å². The number of amides is 1. The highest BCUT2D eigenvalue weighted by Gasteiger charge is 2.18. The van der Waals surface area contributed by atoms with Crippen LogP contribution in [0.5, 0.6) is 0 Å². The highest BCUT2D eigenvalue weighted by Crippen LogP contribution is 2.08. The number of nitrogens with zero attached hydrogens (tertiary/aromatic N) is 2. The van der Waals surface area contributed by atoms with E-state index in [4.69, 9.17) is 9.57 Å². The molecule has 0 aliphatic carbocycles. The van der Waals surface area contributed by atoms with Crippen molar-refractivity contribution < 1.29 is 14.4 Å². The summed E-state index contributed by atoms with van der Waals surface area (Å²) >= 11 is 0. The summed E-state index contributed by atoms with van der Waals surface area (Å²) in [5, 5.41) is 2.59. The summed E-state index contributed by atoms with van der Waals surface area (Å²) in [5.41, 5.74) is 0. The maximum atomic E-state index is 11.2. The van der Waals surface area contributed by atoms with E-state index in [9.17, 15) is 4.79 Å². The molecule has 0 saturated carbocycles. The number of aromatic nitrogens is 2. The van der Waals surface area contributed by atoms with Gasteiger partial charge in [0.15, 0.2) is 0 Å². The molecule has 1 saturated heterocycles. The molecule has 0 bridgehead atoms. The lowest BCUT2D eigenvalue weighted by Gasteiger charge is -2.11. The first-order valence-electron chi connectivity index (χ1n) is 4.43. The molecule has 0 spiro atoms. The summed E-state index contributed by atoms with van der Waals surface area (Å²) < 4.78 is 6.43. The fourth-order valence-electron chi connectivity index (χ4n) is 1.25. The van der Waals surface area contributed by atoms with E-state index < -0.39 is 6.09 Å². The first kappa shape index (κ1) is 9.01. The van der Waals surface area contributed by atoms with Gasteiger partial charge in [-0.3, -0.25) is 5.32 Å². The third kappa shape index (κ3) is 2.23. The first-order chi connectivity index (χ1) is 6.84. The number of carbonyl (C=O) groups excluding carboxylic acids is 1. The summed E-state index contributed by atoms with van der Waals surface area (Å²) in [6, 6.07) is 0. The number of hydrogen-bond donors (Lipinski definition) is 1. The Hall–Kier alpha value is -1.56. The summed E-state index contributed by atoms with van der Waals surface area (Å²) in [4.78, 5) is 19.8. The van der Waals surface area contributed by atoms with Crippen LogP contribution >= 0.6 is 0 Å². The van der Waals surface area contributed by atoms with Crippen LogP contribution in [0.4, 0.5) is 4.79 Å². The summed E-state index contributed by atoms with van der Waals surface area (Å²) in [6.45, 7) is 0.690. The van der Waals surface area contributed by atoms with Crippen molar-refractivity contribution in [1.82, 2.24) is 15.0 Å². The van der Waals surface area contributed by atoms with Crippen LogP contribution in [0.2, 0.25) is 0 Å². The van der Waals surface area contributed by atoms with Gasteiger partial charge in [0, 0.05) is 12.8 Å². The minimum Gasteiger partial charge on any atom is -0.358 e. The zero-order valence-corrected chi connectivity index (χ0v) is 7.55. The molecule has 1 N–H and O–H groups in total. The number of rotatable bonds is 2. The van der Waals surface area contributed by atoms with Gasteiger partial charge in [-0.15, -0.1) is 0 Å². The van der Waals surface area contributed by atoms with E-state index >= 15 is 0 Å². The second-order valence-electron chi connectivity index (χ2n) is 2.95. The lowest BCUT2D eigenvalue weighted by molar-refractivity contribution is 0.0668. The molecule has 1 fully saturated rings. The van der Waals surface area contributed by atoms with Crippen LogP contribution in [0.25, 0.3) is 0 Å². The Labute approximate surface area is 80.8 Å². The topological polar surface area (TPSA) is 65.4 Å². The first-order valence-corrected chi connectivity index (χ1v) is 4.43. The minimum atomic E-state index is -0.532. The van der Waals surface area contributed by atoms with Crippen molar-refractivity contribution in [3.05, 3.63) is 18.7 Å². The molecular formula is C8H11N3O3. The van der Waals surface area contributed by atoms with Gasteiger partial charge in [0.2, 0.25) is 0 Å². The molecule has 1 atom stereocenters. The van der Waals surface area contributed by atoms with Crippen molar-refractivity contribution in [2.24, 2.45) is 0 Å². The standard InChI is InChI=1S/C8H11N3O3/c12-8(10-7-2-1-5-13-7)14-11-4-3-9-6-11/h3-4,6-7H,1-2,5H2,(H,10,12)/t7-/m0/s1. The van der Waals surface area contributed by atoms with Gasteiger partial charge in [0.25, 0.3) is 0 Å². The van der Waals surface area contributed by atoms with Crippen LogP contribution < -0.4 is 10.2 Å². The van der Waals surface area contributed by atoms with Gasteiger partial charge in [-0.2, -0.15) is 4.73 Å². The number of imidazole rings is 1. The van der Waals surface area contributed by atoms with Crippen molar-refractivity contribution in [2.45, 2.75) is 19.1 Å². The highest BCUT2D eigenvalue weighted by molar-refractivity contribution is 5.67. The molecule has 1 aliphatic rings. The van der Waals surface area contributed by atoms with Crippen LogP contribution in [0.3, 0.4) is 0 Å². The molecule has 1 amide bonds. The largest absolute Gasteiger partial charge is 0.434 e. The third-order valence-corrected chi connectivity index (χ3v) is 1.88. The Morgan fingerprint density at radius 2 is 2.64 bits per heavy atom. The van der Waals surface area contributed by atoms with Crippen molar-refractivity contribution in [3.8, 4) is 0 Å². The molecule has 1 aliphatic heterocycles. The summed E-state index contributed by atoms with van der Waals surface area (Å²) in [7, 11) is 0. The number of hydrogen-bond acceptors (Lipinski definition) is 4. The average Bonchev–Trinajstić information content (AvgIpc) is 2.76. The van der Waals surface area contributed by atoms with E-state index in [-0.39, 0.29) is 6.23 Å². The lowest BCUT2D eigenvalue weighted by Crippen LogP contribution is -2.38. The maximum absolute atomic E-state index is 11.2. The van der Waals surface area contributed by atoms with Crippen molar-refractivity contribution in [2.75, 3.05) is 6.61 Å².